The van der Waals surface area contributed by atoms with E-state index in [1.165, 1.54) is 4.90 Å². The van der Waals surface area contributed by atoms with Crippen LogP contribution in [0.3, 0.4) is 0 Å². The maximum atomic E-state index is 13.7. The molecule has 44 heavy (non-hydrogen) atoms. The van der Waals surface area contributed by atoms with Gasteiger partial charge in [0.2, 0.25) is 0 Å². The van der Waals surface area contributed by atoms with Crippen molar-refractivity contribution in [2.45, 2.75) is 88.8 Å². The highest BCUT2D eigenvalue weighted by molar-refractivity contribution is 6.07. The predicted molar refractivity (Wildman–Crippen MR) is 145 cm³/mol. The number of aliphatic hydroxyl groups is 1. The minimum atomic E-state index is -5.99. The topological polar surface area (TPSA) is 97.3 Å². The van der Waals surface area contributed by atoms with Crippen molar-refractivity contribution in [2.75, 3.05) is 19.8 Å². The van der Waals surface area contributed by atoms with Crippen molar-refractivity contribution in [1.29, 1.82) is 0 Å². The van der Waals surface area contributed by atoms with Crippen molar-refractivity contribution in [2.24, 2.45) is 5.92 Å². The predicted octanol–water partition coefficient (Wildman–Crippen LogP) is 6.03. The van der Waals surface area contributed by atoms with E-state index >= 15 is 0 Å². The van der Waals surface area contributed by atoms with Crippen LogP contribution < -0.4 is 10.1 Å². The molecule has 0 aromatic heterocycles. The number of alkyl halides is 6. The standard InChI is InChI=1S/C30H36F6N2O6/c1-4-7-19-16-21(28(41,29(31,32)33)30(34,35)36)10-11-22(19)42-13-6-8-18(3)38-25(39)27(5-2,37-26(38)40)20-9-12-23-24(17-20)44-15-14-43-23/h9-12,16,18,20,41H,4-8,13-15,17H2,1-3H3,(H,37,40). The molecule has 8 nitrogen and oxygen atoms in total. The van der Waals surface area contributed by atoms with Crippen LogP contribution in [-0.2, 0) is 26.3 Å². The van der Waals surface area contributed by atoms with Crippen molar-refractivity contribution < 1.29 is 55.2 Å². The molecule has 1 aliphatic carbocycles. The molecule has 3 atom stereocenters. The van der Waals surface area contributed by atoms with Gasteiger partial charge in [0.25, 0.3) is 11.5 Å². The normalized spacial score (nSPS) is 23.2. The van der Waals surface area contributed by atoms with Gasteiger partial charge < -0.3 is 24.6 Å². The Bertz CT molecular complexity index is 1300. The molecule has 1 fully saturated rings. The highest BCUT2D eigenvalue weighted by atomic mass is 19.4. The molecule has 4 rings (SSSR count). The summed E-state index contributed by atoms with van der Waals surface area (Å²) in [6.45, 7) is 6.08. The van der Waals surface area contributed by atoms with E-state index in [1.54, 1.807) is 19.9 Å². The van der Waals surface area contributed by atoms with Gasteiger partial charge in [-0.1, -0.05) is 32.4 Å². The number of carbonyl (C=O) groups is 2. The highest BCUT2D eigenvalue weighted by Crippen LogP contribution is 2.50. The number of rotatable bonds is 11. The molecule has 2 heterocycles. The third kappa shape index (κ3) is 5.96. The van der Waals surface area contributed by atoms with Crippen molar-refractivity contribution in [1.82, 2.24) is 10.2 Å². The van der Waals surface area contributed by atoms with Crippen LogP contribution in [0.25, 0.3) is 0 Å². The average molecular weight is 635 g/mol. The molecule has 3 amide bonds. The number of ether oxygens (including phenoxy) is 3. The largest absolute Gasteiger partial charge is 0.493 e. The van der Waals surface area contributed by atoms with Crippen LogP contribution in [0.1, 0.15) is 64.0 Å². The lowest BCUT2D eigenvalue weighted by Crippen LogP contribution is -2.53. The second-order valence-electron chi connectivity index (χ2n) is 11.2. The molecule has 244 valence electrons. The second-order valence-corrected chi connectivity index (χ2v) is 11.2. The van der Waals surface area contributed by atoms with Crippen LogP contribution in [0.5, 0.6) is 5.75 Å². The summed E-state index contributed by atoms with van der Waals surface area (Å²) in [5.41, 5.74) is -7.46. The smallest absolute Gasteiger partial charge is 0.430 e. The van der Waals surface area contributed by atoms with Crippen molar-refractivity contribution >= 4 is 11.9 Å². The summed E-state index contributed by atoms with van der Waals surface area (Å²) in [6.07, 6.45) is -6.49. The van der Waals surface area contributed by atoms with Gasteiger partial charge in [-0.05, 0) is 56.4 Å². The number of urea groups is 1. The Balaban J connectivity index is 1.41. The van der Waals surface area contributed by atoms with Gasteiger partial charge in [0.15, 0.2) is 5.76 Å². The molecule has 0 spiro atoms. The van der Waals surface area contributed by atoms with E-state index in [4.69, 9.17) is 14.2 Å². The zero-order chi connectivity index (χ0) is 32.5. The number of imide groups is 1. The van der Waals surface area contributed by atoms with E-state index in [0.29, 0.717) is 69.0 Å². The van der Waals surface area contributed by atoms with Crippen LogP contribution in [0.2, 0.25) is 0 Å². The Morgan fingerprint density at radius 3 is 2.43 bits per heavy atom. The zero-order valence-corrected chi connectivity index (χ0v) is 24.6. The van der Waals surface area contributed by atoms with E-state index < -0.39 is 41.1 Å². The summed E-state index contributed by atoms with van der Waals surface area (Å²) in [5.74, 6) is 0.628. The number of benzene rings is 1. The van der Waals surface area contributed by atoms with Gasteiger partial charge in [-0.2, -0.15) is 26.3 Å². The van der Waals surface area contributed by atoms with E-state index in [2.05, 4.69) is 5.32 Å². The summed E-state index contributed by atoms with van der Waals surface area (Å²) < 4.78 is 97.3. The van der Waals surface area contributed by atoms with Crippen molar-refractivity contribution in [3.63, 3.8) is 0 Å². The summed E-state index contributed by atoms with van der Waals surface area (Å²) in [7, 11) is 0. The quantitative estimate of drug-likeness (QED) is 0.175. The fourth-order valence-corrected chi connectivity index (χ4v) is 5.93. The number of aryl methyl sites for hydroxylation is 1. The highest BCUT2D eigenvalue weighted by Gasteiger charge is 2.71. The monoisotopic (exact) mass is 634 g/mol. The molecule has 1 saturated heterocycles. The average Bonchev–Trinajstić information content (AvgIpc) is 3.23. The van der Waals surface area contributed by atoms with E-state index in [0.717, 1.165) is 6.07 Å². The van der Waals surface area contributed by atoms with Gasteiger partial charge in [0.05, 0.1) is 6.61 Å². The Hall–Kier alpha value is -3.42. The first kappa shape index (κ1) is 33.5. The molecule has 1 aromatic carbocycles. The number of allylic oxidation sites excluding steroid dienone is 2. The van der Waals surface area contributed by atoms with E-state index in [9.17, 15) is 41.0 Å². The molecule has 3 aliphatic rings. The number of hydrogen-bond acceptors (Lipinski definition) is 6. The van der Waals surface area contributed by atoms with Crippen molar-refractivity contribution in [3.05, 3.63) is 53.0 Å². The SMILES string of the molecule is CCCc1cc(C(O)(C(F)(F)F)C(F)(F)F)ccc1OCCCC(C)N1C(=O)NC(CC)(C2C=CC3=C(C2)OCCO3)C1=O. The summed E-state index contributed by atoms with van der Waals surface area (Å²) in [6, 6.07) is 1.16. The minimum Gasteiger partial charge on any atom is -0.493 e. The molecular weight excluding hydrogens is 598 g/mol. The van der Waals surface area contributed by atoms with E-state index in [1.807, 2.05) is 13.0 Å². The molecule has 0 saturated carbocycles. The Labute approximate surface area is 251 Å². The molecule has 1 aromatic rings. The number of amides is 3. The van der Waals surface area contributed by atoms with Crippen LogP contribution in [-0.4, -0.2) is 65.7 Å². The number of carbonyl (C=O) groups excluding carboxylic acids is 2. The molecule has 0 bridgehead atoms. The minimum absolute atomic E-state index is 0.0193. The Kier molecular flexibility index (Phi) is 9.53. The van der Waals surface area contributed by atoms with Crippen LogP contribution in [0.15, 0.2) is 41.9 Å². The summed E-state index contributed by atoms with van der Waals surface area (Å²) >= 11 is 0. The van der Waals surface area contributed by atoms with Gasteiger partial charge >= 0.3 is 18.4 Å². The lowest BCUT2D eigenvalue weighted by Gasteiger charge is -2.36. The zero-order valence-electron chi connectivity index (χ0n) is 24.6. The number of hydrogen-bond donors (Lipinski definition) is 2. The van der Waals surface area contributed by atoms with Gasteiger partial charge in [0.1, 0.15) is 30.3 Å². The first-order valence-electron chi connectivity index (χ1n) is 14.6. The van der Waals surface area contributed by atoms with Gasteiger partial charge in [-0.15, -0.1) is 0 Å². The summed E-state index contributed by atoms with van der Waals surface area (Å²) in [5, 5.41) is 12.7. The maximum absolute atomic E-state index is 13.7. The first-order valence-corrected chi connectivity index (χ1v) is 14.6. The van der Waals surface area contributed by atoms with Gasteiger partial charge in [0, 0.05) is 23.9 Å². The first-order chi connectivity index (χ1) is 20.6. The molecule has 2 aliphatic heterocycles. The van der Waals surface area contributed by atoms with Crippen LogP contribution >= 0.6 is 0 Å². The van der Waals surface area contributed by atoms with Gasteiger partial charge in [-0.25, -0.2) is 4.79 Å². The Morgan fingerprint density at radius 2 is 1.80 bits per heavy atom. The fourth-order valence-electron chi connectivity index (χ4n) is 5.93. The number of nitrogens with one attached hydrogen (secondary N) is 1. The molecule has 0 radical (unpaired) electrons. The van der Waals surface area contributed by atoms with E-state index in [-0.39, 0.29) is 36.2 Å². The molecule has 14 heteroatoms. The van der Waals surface area contributed by atoms with Crippen LogP contribution in [0, 0.1) is 5.92 Å². The third-order valence-corrected chi connectivity index (χ3v) is 8.40. The van der Waals surface area contributed by atoms with Crippen molar-refractivity contribution in [3.8, 4) is 5.75 Å². The lowest BCUT2D eigenvalue weighted by atomic mass is 9.77. The fraction of sp³-hybridized carbons (Fsp3) is 0.600. The summed E-state index contributed by atoms with van der Waals surface area (Å²) in [4.78, 5) is 27.9. The molecular formula is C30H36F6N2O6. The molecule has 3 unspecified atom stereocenters. The number of halogens is 6. The number of nitrogens with zero attached hydrogens (tertiary/aromatic N) is 1. The molecule has 2 N–H and O–H groups in total. The Morgan fingerprint density at radius 1 is 1.11 bits per heavy atom. The lowest BCUT2D eigenvalue weighted by molar-refractivity contribution is -0.376. The van der Waals surface area contributed by atoms with Gasteiger partial charge in [-0.3, -0.25) is 9.69 Å². The van der Waals surface area contributed by atoms with Crippen LogP contribution in [0.4, 0.5) is 31.1 Å². The third-order valence-electron chi connectivity index (χ3n) is 8.40. The second kappa shape index (κ2) is 12.5. The maximum Gasteiger partial charge on any atom is 0.430 e.